The fraction of sp³-hybridized carbons (Fsp3) is 0.304. The first-order valence-corrected chi connectivity index (χ1v) is 10.7. The lowest BCUT2D eigenvalue weighted by Crippen LogP contribution is -2.30. The Morgan fingerprint density at radius 2 is 2.03 bits per heavy atom. The number of carbonyl (C=O) groups is 1. The summed E-state index contributed by atoms with van der Waals surface area (Å²) in [6.07, 6.45) is 4.10. The van der Waals surface area contributed by atoms with Gasteiger partial charge >= 0.3 is 5.92 Å². The molecule has 0 amide bonds. The number of hydrogen-bond donors (Lipinski definition) is 1. The summed E-state index contributed by atoms with van der Waals surface area (Å²) in [7, 11) is 0. The molecule has 0 aliphatic carbocycles. The average molecular weight is 475 g/mol. The molecule has 172 valence electrons. The number of carboxylic acid groups (broad SMARTS) is 1. The molecule has 33 heavy (non-hydrogen) atoms. The molecule has 1 fully saturated rings. The summed E-state index contributed by atoms with van der Waals surface area (Å²) in [5.41, 5.74) is 1.37. The van der Waals surface area contributed by atoms with Gasteiger partial charge in [0.15, 0.2) is 5.82 Å². The van der Waals surface area contributed by atoms with Gasteiger partial charge in [0, 0.05) is 29.3 Å². The second kappa shape index (κ2) is 9.36. The highest BCUT2D eigenvalue weighted by Crippen LogP contribution is 2.41. The Bertz CT molecular complexity index is 1280. The van der Waals surface area contributed by atoms with E-state index in [9.17, 15) is 0 Å². The predicted octanol–water partition coefficient (Wildman–Crippen LogP) is 5.21. The molecule has 0 radical (unpaired) electrons. The SMILES string of the molecule is C[C@@H]1C[C@H](n2c(C(F)(F)c3ccccn3)nc3cnc4ccc(Cl)cc4c32)CCO1.O=CO. The maximum atomic E-state index is 15.7. The molecular weight excluding hydrogens is 454 g/mol. The highest BCUT2D eigenvalue weighted by molar-refractivity contribution is 6.31. The van der Waals surface area contributed by atoms with E-state index >= 15 is 8.78 Å². The Morgan fingerprint density at radius 3 is 2.73 bits per heavy atom. The Balaban J connectivity index is 0.000000821. The van der Waals surface area contributed by atoms with Crippen LogP contribution >= 0.6 is 11.6 Å². The highest BCUT2D eigenvalue weighted by atomic mass is 35.5. The average Bonchev–Trinajstić information content (AvgIpc) is 3.21. The van der Waals surface area contributed by atoms with Gasteiger partial charge in [0.05, 0.1) is 23.3 Å². The van der Waals surface area contributed by atoms with E-state index in [1.807, 2.05) is 6.92 Å². The minimum atomic E-state index is -3.37. The van der Waals surface area contributed by atoms with E-state index in [1.54, 1.807) is 41.1 Å². The minimum Gasteiger partial charge on any atom is -0.483 e. The number of benzene rings is 1. The van der Waals surface area contributed by atoms with Crippen LogP contribution in [0.1, 0.15) is 37.3 Å². The van der Waals surface area contributed by atoms with Crippen LogP contribution < -0.4 is 0 Å². The first-order chi connectivity index (χ1) is 15.9. The maximum absolute atomic E-state index is 15.7. The highest BCUT2D eigenvalue weighted by Gasteiger charge is 2.43. The number of fused-ring (bicyclic) bond motifs is 3. The number of pyridine rings is 2. The van der Waals surface area contributed by atoms with Crippen molar-refractivity contribution in [3.8, 4) is 0 Å². The Kier molecular flexibility index (Phi) is 6.53. The number of alkyl halides is 2. The lowest BCUT2D eigenvalue weighted by Gasteiger charge is -2.31. The molecule has 1 aromatic carbocycles. The van der Waals surface area contributed by atoms with Gasteiger partial charge in [-0.25, -0.2) is 4.98 Å². The van der Waals surface area contributed by atoms with Gasteiger partial charge in [0.1, 0.15) is 11.2 Å². The number of imidazole rings is 1. The van der Waals surface area contributed by atoms with Crippen molar-refractivity contribution in [1.82, 2.24) is 19.5 Å². The van der Waals surface area contributed by atoms with Crippen LogP contribution in [0, 0.1) is 0 Å². The molecule has 1 N–H and O–H groups in total. The van der Waals surface area contributed by atoms with E-state index in [-0.39, 0.29) is 30.1 Å². The van der Waals surface area contributed by atoms with Crippen molar-refractivity contribution in [2.75, 3.05) is 6.61 Å². The third kappa shape index (κ3) is 4.38. The van der Waals surface area contributed by atoms with Gasteiger partial charge in [-0.15, -0.1) is 0 Å². The molecular formula is C23H21ClF2N4O3. The molecule has 0 unspecified atom stereocenters. The summed E-state index contributed by atoms with van der Waals surface area (Å²) < 4.78 is 38.7. The molecule has 0 spiro atoms. The van der Waals surface area contributed by atoms with Gasteiger partial charge in [-0.3, -0.25) is 14.8 Å². The lowest BCUT2D eigenvalue weighted by molar-refractivity contribution is -0.122. The summed E-state index contributed by atoms with van der Waals surface area (Å²) in [5, 5.41) is 8.11. The van der Waals surface area contributed by atoms with Gasteiger partial charge in [-0.05, 0) is 50.1 Å². The second-order valence-electron chi connectivity index (χ2n) is 7.71. The largest absolute Gasteiger partial charge is 0.483 e. The number of ether oxygens (including phenoxy) is 1. The zero-order valence-corrected chi connectivity index (χ0v) is 18.4. The second-order valence-corrected chi connectivity index (χ2v) is 8.15. The van der Waals surface area contributed by atoms with Crippen LogP contribution in [0.4, 0.5) is 8.78 Å². The quantitative estimate of drug-likeness (QED) is 0.410. The predicted molar refractivity (Wildman–Crippen MR) is 120 cm³/mol. The summed E-state index contributed by atoms with van der Waals surface area (Å²) >= 11 is 6.24. The molecule has 10 heteroatoms. The summed E-state index contributed by atoms with van der Waals surface area (Å²) in [5.74, 6) is -3.70. The van der Waals surface area contributed by atoms with E-state index in [0.717, 1.165) is 0 Å². The molecule has 3 aromatic heterocycles. The van der Waals surface area contributed by atoms with Gasteiger partial charge in [0.25, 0.3) is 6.47 Å². The number of halogens is 3. The van der Waals surface area contributed by atoms with Crippen molar-refractivity contribution >= 4 is 40.0 Å². The third-order valence-corrected chi connectivity index (χ3v) is 5.80. The summed E-state index contributed by atoms with van der Waals surface area (Å²) in [6.45, 7) is 2.21. The normalized spacial score (nSPS) is 18.7. The van der Waals surface area contributed by atoms with Crippen LogP contribution in [0.15, 0.2) is 48.8 Å². The molecule has 1 aliphatic heterocycles. The van der Waals surface area contributed by atoms with Crippen molar-refractivity contribution in [2.45, 2.75) is 37.8 Å². The fourth-order valence-corrected chi connectivity index (χ4v) is 4.37. The summed E-state index contributed by atoms with van der Waals surface area (Å²) in [6, 6.07) is 9.59. The number of aromatic nitrogens is 4. The number of nitrogens with zero attached hydrogens (tertiary/aromatic N) is 4. The molecule has 4 aromatic rings. The number of hydrogen-bond acceptors (Lipinski definition) is 5. The van der Waals surface area contributed by atoms with Crippen molar-refractivity contribution in [2.24, 2.45) is 0 Å². The van der Waals surface area contributed by atoms with E-state index < -0.39 is 5.92 Å². The summed E-state index contributed by atoms with van der Waals surface area (Å²) in [4.78, 5) is 21.0. The molecule has 0 bridgehead atoms. The van der Waals surface area contributed by atoms with Gasteiger partial charge in [0.2, 0.25) is 0 Å². The molecule has 7 nitrogen and oxygen atoms in total. The van der Waals surface area contributed by atoms with Crippen molar-refractivity contribution in [3.05, 3.63) is 65.3 Å². The zero-order chi connectivity index (χ0) is 23.6. The van der Waals surface area contributed by atoms with Gasteiger partial charge in [-0.2, -0.15) is 8.78 Å². The molecule has 1 aliphatic rings. The molecule has 4 heterocycles. The third-order valence-electron chi connectivity index (χ3n) is 5.57. The van der Waals surface area contributed by atoms with Crippen molar-refractivity contribution in [1.29, 1.82) is 0 Å². The fourth-order valence-electron chi connectivity index (χ4n) is 4.20. The first kappa shape index (κ1) is 23.0. The Hall–Kier alpha value is -3.17. The Labute approximate surface area is 193 Å². The monoisotopic (exact) mass is 474 g/mol. The van der Waals surface area contributed by atoms with Crippen LogP contribution in [-0.2, 0) is 15.5 Å². The molecule has 0 saturated carbocycles. The van der Waals surface area contributed by atoms with Gasteiger partial charge in [-0.1, -0.05) is 17.7 Å². The van der Waals surface area contributed by atoms with E-state index in [0.29, 0.717) is 46.4 Å². The zero-order valence-electron chi connectivity index (χ0n) is 17.7. The van der Waals surface area contributed by atoms with Crippen LogP contribution in [0.2, 0.25) is 5.02 Å². The van der Waals surface area contributed by atoms with Crippen molar-refractivity contribution < 1.29 is 23.4 Å². The van der Waals surface area contributed by atoms with E-state index in [4.69, 9.17) is 26.2 Å². The molecule has 5 rings (SSSR count). The van der Waals surface area contributed by atoms with E-state index in [1.165, 1.54) is 12.3 Å². The van der Waals surface area contributed by atoms with Crippen LogP contribution in [0.3, 0.4) is 0 Å². The van der Waals surface area contributed by atoms with Crippen LogP contribution in [0.25, 0.3) is 21.9 Å². The Morgan fingerprint density at radius 1 is 1.24 bits per heavy atom. The topological polar surface area (TPSA) is 90.1 Å². The van der Waals surface area contributed by atoms with Crippen LogP contribution in [0.5, 0.6) is 0 Å². The number of rotatable bonds is 3. The maximum Gasteiger partial charge on any atom is 0.346 e. The lowest BCUT2D eigenvalue weighted by atomic mass is 10.0. The molecule has 2 atom stereocenters. The smallest absolute Gasteiger partial charge is 0.346 e. The minimum absolute atomic E-state index is 0.0331. The van der Waals surface area contributed by atoms with Crippen LogP contribution in [-0.4, -0.2) is 43.8 Å². The van der Waals surface area contributed by atoms with E-state index in [2.05, 4.69) is 15.0 Å². The standard InChI is InChI=1S/C22H19ClF2N4O.CH2O2/c1-13-10-15(7-9-30-13)29-20-16-11-14(23)5-6-17(16)27-12-18(20)28-21(29)22(24,25)19-4-2-3-8-26-19;2-1-3/h2-6,8,11-13,15H,7,9-10H2,1H3;1H,(H,2,3)/t13-,15-;/m1./s1. The first-order valence-electron chi connectivity index (χ1n) is 10.3. The van der Waals surface area contributed by atoms with Crippen molar-refractivity contribution in [3.63, 3.8) is 0 Å². The van der Waals surface area contributed by atoms with Gasteiger partial charge < -0.3 is 14.4 Å². The molecule has 1 saturated heterocycles.